The van der Waals surface area contributed by atoms with Crippen LogP contribution in [0.5, 0.6) is 5.75 Å². The highest BCUT2D eigenvalue weighted by Gasteiger charge is 2.41. The summed E-state index contributed by atoms with van der Waals surface area (Å²) in [6, 6.07) is 6.40. The highest BCUT2D eigenvalue weighted by atomic mass is 19.1. The summed E-state index contributed by atoms with van der Waals surface area (Å²) in [6.07, 6.45) is 0.883. The van der Waals surface area contributed by atoms with E-state index >= 15 is 4.39 Å². The minimum Gasteiger partial charge on any atom is -0.497 e. The van der Waals surface area contributed by atoms with Crippen LogP contribution in [0.15, 0.2) is 36.5 Å². The molecule has 10 heteroatoms. The number of aromatic nitrogens is 1. The number of rotatable bonds is 8. The number of carbonyl (C=O) groups is 1. The largest absolute Gasteiger partial charge is 0.497 e. The number of piperidine rings is 1. The van der Waals surface area contributed by atoms with Gasteiger partial charge in [-0.25, -0.2) is 17.6 Å². The van der Waals surface area contributed by atoms with Crippen LogP contribution in [-0.2, 0) is 4.79 Å². The van der Waals surface area contributed by atoms with Gasteiger partial charge in [0.05, 0.1) is 42.0 Å². The Labute approximate surface area is 230 Å². The van der Waals surface area contributed by atoms with Gasteiger partial charge < -0.3 is 14.7 Å². The lowest BCUT2D eigenvalue weighted by Gasteiger charge is -2.38. The van der Waals surface area contributed by atoms with E-state index in [1.54, 1.807) is 43.4 Å². The van der Waals surface area contributed by atoms with Gasteiger partial charge in [-0.3, -0.25) is 14.7 Å². The van der Waals surface area contributed by atoms with E-state index in [1.165, 1.54) is 7.11 Å². The molecule has 0 aliphatic carbocycles. The third-order valence-electron chi connectivity index (χ3n) is 7.56. The fraction of sp³-hybridized carbons (Fsp3) is 0.400. The Morgan fingerprint density at radius 1 is 1.18 bits per heavy atom. The van der Waals surface area contributed by atoms with Crippen LogP contribution in [0.3, 0.4) is 0 Å². The fourth-order valence-corrected chi connectivity index (χ4v) is 5.15. The molecule has 2 aromatic carbocycles. The van der Waals surface area contributed by atoms with Crippen molar-refractivity contribution in [1.82, 2.24) is 9.88 Å². The van der Waals surface area contributed by atoms with Gasteiger partial charge in [-0.2, -0.15) is 0 Å². The Hall–Kier alpha value is -3.84. The van der Waals surface area contributed by atoms with Crippen molar-refractivity contribution in [3.05, 3.63) is 65.1 Å². The van der Waals surface area contributed by atoms with E-state index in [4.69, 9.17) is 4.74 Å². The Kier molecular flexibility index (Phi) is 8.84. The molecule has 1 aliphatic rings. The van der Waals surface area contributed by atoms with Crippen LogP contribution in [0.25, 0.3) is 10.9 Å². The van der Waals surface area contributed by atoms with Gasteiger partial charge in [-0.15, -0.1) is 0 Å². The van der Waals surface area contributed by atoms with Gasteiger partial charge in [0.2, 0.25) is 0 Å². The summed E-state index contributed by atoms with van der Waals surface area (Å²) in [7, 11) is 5.13. The van der Waals surface area contributed by atoms with Gasteiger partial charge in [-0.05, 0) is 43.9 Å². The van der Waals surface area contributed by atoms with Gasteiger partial charge >= 0.3 is 5.97 Å². The molecule has 1 aromatic heterocycles. The first-order valence-electron chi connectivity index (χ1n) is 12.9. The average molecular weight is 558 g/mol. The smallest absolute Gasteiger partial charge is 0.309 e. The second-order valence-corrected chi connectivity index (χ2v) is 10.2. The molecule has 0 spiro atoms. The van der Waals surface area contributed by atoms with Crippen LogP contribution in [0.4, 0.5) is 23.2 Å². The summed E-state index contributed by atoms with van der Waals surface area (Å²) in [5.74, 6) is 1.51. The van der Waals surface area contributed by atoms with Crippen molar-refractivity contribution >= 4 is 22.6 Å². The number of hydrogen-bond donors (Lipinski definition) is 1. The second-order valence-electron chi connectivity index (χ2n) is 10.2. The Morgan fingerprint density at radius 3 is 2.45 bits per heavy atom. The maximum absolute atomic E-state index is 16.0. The minimum absolute atomic E-state index is 0.00634. The molecule has 1 N–H and O–H groups in total. The number of halogens is 4. The van der Waals surface area contributed by atoms with E-state index < -0.39 is 40.6 Å². The van der Waals surface area contributed by atoms with Gasteiger partial charge in [-0.1, -0.05) is 11.8 Å². The quantitative estimate of drug-likeness (QED) is 0.282. The lowest BCUT2D eigenvalue weighted by Crippen LogP contribution is -2.44. The minimum atomic E-state index is -1.43. The van der Waals surface area contributed by atoms with E-state index in [9.17, 15) is 23.1 Å². The first-order chi connectivity index (χ1) is 19.0. The number of aliphatic carboxylic acids is 1. The van der Waals surface area contributed by atoms with Crippen molar-refractivity contribution in [3.8, 4) is 17.6 Å². The van der Waals surface area contributed by atoms with E-state index in [0.717, 1.165) is 0 Å². The molecule has 40 heavy (non-hydrogen) atoms. The average Bonchev–Trinajstić information content (AvgIpc) is 2.92. The first kappa shape index (κ1) is 29.2. The molecule has 1 unspecified atom stereocenters. The number of anilines is 1. The number of carboxylic acid groups (broad SMARTS) is 1. The summed E-state index contributed by atoms with van der Waals surface area (Å²) in [4.78, 5) is 20.5. The summed E-state index contributed by atoms with van der Waals surface area (Å²) in [5.41, 5.74) is 0.0577. The lowest BCUT2D eigenvalue weighted by molar-refractivity contribution is -0.152. The standard InChI is InChI=1S/C30H31F4N3O3/c1-36(2)27-18-35-26-7-6-20(40-3)17-22(26)28(27)23(32)8-9-30(29(38)39)10-13-37(14-11-30)12-4-5-21-24(33)15-19(31)16-25(21)34/h6-7,15-18,23H,8-14H2,1-3H3,(H,38,39). The summed E-state index contributed by atoms with van der Waals surface area (Å²) < 4.78 is 62.1. The molecule has 2 heterocycles. The third-order valence-corrected chi connectivity index (χ3v) is 7.56. The molecule has 212 valence electrons. The highest BCUT2D eigenvalue weighted by Crippen LogP contribution is 2.43. The lowest BCUT2D eigenvalue weighted by atomic mass is 9.74. The topological polar surface area (TPSA) is 65.9 Å². The van der Waals surface area contributed by atoms with E-state index in [1.807, 2.05) is 4.90 Å². The highest BCUT2D eigenvalue weighted by molar-refractivity contribution is 5.88. The maximum atomic E-state index is 16.0. The number of nitrogens with zero attached hydrogens (tertiary/aromatic N) is 3. The third kappa shape index (κ3) is 6.15. The molecule has 6 nitrogen and oxygen atoms in total. The predicted molar refractivity (Wildman–Crippen MR) is 145 cm³/mol. The second kappa shape index (κ2) is 12.1. The normalized spacial score (nSPS) is 15.8. The molecular weight excluding hydrogens is 526 g/mol. The summed E-state index contributed by atoms with van der Waals surface area (Å²) >= 11 is 0. The molecule has 1 saturated heterocycles. The van der Waals surface area contributed by atoms with Gasteiger partial charge in [0, 0.05) is 50.3 Å². The Morgan fingerprint density at radius 2 is 1.85 bits per heavy atom. The molecule has 1 atom stereocenters. The van der Waals surface area contributed by atoms with Crippen LogP contribution in [0, 0.1) is 34.7 Å². The van der Waals surface area contributed by atoms with Crippen molar-refractivity contribution < 1.29 is 32.2 Å². The zero-order chi connectivity index (χ0) is 29.0. The molecule has 1 aliphatic heterocycles. The van der Waals surface area contributed by atoms with Crippen molar-refractivity contribution in [2.75, 3.05) is 45.7 Å². The van der Waals surface area contributed by atoms with E-state index in [-0.39, 0.29) is 32.2 Å². The number of carboxylic acids is 1. The van der Waals surface area contributed by atoms with E-state index in [0.29, 0.717) is 53.1 Å². The van der Waals surface area contributed by atoms with Crippen LogP contribution < -0.4 is 9.64 Å². The number of hydrogen-bond acceptors (Lipinski definition) is 5. The number of methoxy groups -OCH3 is 1. The van der Waals surface area contributed by atoms with Gasteiger partial charge in [0.15, 0.2) is 0 Å². The number of pyridine rings is 1. The molecule has 0 radical (unpaired) electrons. The summed E-state index contributed by atoms with van der Waals surface area (Å²) in [6.45, 7) is 0.921. The van der Waals surface area contributed by atoms with Gasteiger partial charge in [0.1, 0.15) is 29.4 Å². The molecular formula is C30H31F4N3O3. The Bertz CT molecular complexity index is 1440. The monoisotopic (exact) mass is 557 g/mol. The zero-order valence-electron chi connectivity index (χ0n) is 22.6. The first-order valence-corrected chi connectivity index (χ1v) is 12.9. The zero-order valence-corrected chi connectivity index (χ0v) is 22.6. The molecule has 3 aromatic rings. The molecule has 4 rings (SSSR count). The van der Waals surface area contributed by atoms with Crippen LogP contribution in [0.1, 0.15) is 43.0 Å². The van der Waals surface area contributed by atoms with Crippen LogP contribution in [-0.4, -0.2) is 61.8 Å². The maximum Gasteiger partial charge on any atom is 0.309 e. The molecule has 0 saturated carbocycles. The van der Waals surface area contributed by atoms with Crippen molar-refractivity contribution in [2.45, 2.75) is 31.9 Å². The van der Waals surface area contributed by atoms with Crippen molar-refractivity contribution in [1.29, 1.82) is 0 Å². The number of ether oxygens (including phenoxy) is 1. The predicted octanol–water partition coefficient (Wildman–Crippen LogP) is 5.74. The van der Waals surface area contributed by atoms with Crippen molar-refractivity contribution in [2.24, 2.45) is 5.41 Å². The van der Waals surface area contributed by atoms with Crippen LogP contribution >= 0.6 is 0 Å². The Balaban J connectivity index is 1.46. The SMILES string of the molecule is COc1ccc2ncc(N(C)C)c(C(F)CCC3(C(=O)O)CCN(CC#Cc4c(F)cc(F)cc4F)CC3)c2c1. The number of benzene rings is 2. The number of likely N-dealkylation sites (tertiary alicyclic amines) is 1. The molecule has 0 bridgehead atoms. The molecule has 1 fully saturated rings. The van der Waals surface area contributed by atoms with E-state index in [2.05, 4.69) is 16.8 Å². The van der Waals surface area contributed by atoms with Crippen LogP contribution in [0.2, 0.25) is 0 Å². The number of alkyl halides is 1. The van der Waals surface area contributed by atoms with Crippen molar-refractivity contribution in [3.63, 3.8) is 0 Å². The fourth-order valence-electron chi connectivity index (χ4n) is 5.15. The molecule has 0 amide bonds. The number of fused-ring (bicyclic) bond motifs is 1. The van der Waals surface area contributed by atoms with Gasteiger partial charge in [0.25, 0.3) is 0 Å². The summed E-state index contributed by atoms with van der Waals surface area (Å²) in [5, 5.41) is 10.7.